The van der Waals surface area contributed by atoms with Gasteiger partial charge < -0.3 is 4.52 Å². The molecule has 0 amide bonds. The zero-order chi connectivity index (χ0) is 9.97. The molecule has 5 heteroatoms. The first-order chi connectivity index (χ1) is 6.81. The predicted molar refractivity (Wildman–Crippen MR) is 51.9 cm³/mol. The summed E-state index contributed by atoms with van der Waals surface area (Å²) in [6, 6.07) is 3.86. The van der Waals surface area contributed by atoms with E-state index in [4.69, 9.17) is 11.6 Å². The fourth-order valence-corrected chi connectivity index (χ4v) is 1.34. The molecular weight excluding hydrogens is 202 g/mol. The molecular formula is C9H8ClN3O. The maximum atomic E-state index is 5.54. The molecule has 0 spiro atoms. The molecule has 0 atom stereocenters. The fraction of sp³-hybridized carbons (Fsp3) is 0.222. The van der Waals surface area contributed by atoms with Crippen molar-refractivity contribution in [3.8, 4) is 11.5 Å². The van der Waals surface area contributed by atoms with Crippen LogP contribution in [0.15, 0.2) is 22.9 Å². The topological polar surface area (TPSA) is 51.8 Å². The molecule has 4 nitrogen and oxygen atoms in total. The minimum Gasteiger partial charge on any atom is -0.321 e. The Kier molecular flexibility index (Phi) is 2.45. The number of aromatic nitrogens is 3. The van der Waals surface area contributed by atoms with E-state index in [-0.39, 0.29) is 5.35 Å². The molecule has 0 radical (unpaired) electrons. The summed E-state index contributed by atoms with van der Waals surface area (Å²) in [7, 11) is 0. The Balaban J connectivity index is 2.50. The molecule has 0 aliphatic heterocycles. The van der Waals surface area contributed by atoms with E-state index in [2.05, 4.69) is 19.6 Å². The van der Waals surface area contributed by atoms with Crippen LogP contribution in [0.3, 0.4) is 0 Å². The van der Waals surface area contributed by atoms with Gasteiger partial charge in [0, 0.05) is 6.20 Å². The van der Waals surface area contributed by atoms with Gasteiger partial charge in [-0.2, -0.15) is 4.98 Å². The number of aryl methyl sites for hydroxylation is 1. The van der Waals surface area contributed by atoms with E-state index in [0.717, 1.165) is 17.7 Å². The lowest BCUT2D eigenvalue weighted by Gasteiger charge is -2.00. The lowest BCUT2D eigenvalue weighted by atomic mass is 10.1. The summed E-state index contributed by atoms with van der Waals surface area (Å²) in [6.45, 7) is 2.04. The number of nitrogens with zero attached hydrogens (tertiary/aromatic N) is 3. The van der Waals surface area contributed by atoms with E-state index in [1.54, 1.807) is 6.20 Å². The van der Waals surface area contributed by atoms with Crippen molar-refractivity contribution in [2.45, 2.75) is 13.3 Å². The summed E-state index contributed by atoms with van der Waals surface area (Å²) < 4.78 is 4.68. The van der Waals surface area contributed by atoms with Crippen LogP contribution in [0.25, 0.3) is 11.5 Å². The van der Waals surface area contributed by atoms with Crippen LogP contribution in [0.5, 0.6) is 0 Å². The molecule has 14 heavy (non-hydrogen) atoms. The SMILES string of the molecule is CCc1cccnc1-c1noc(Cl)n1. The highest BCUT2D eigenvalue weighted by Crippen LogP contribution is 2.19. The maximum absolute atomic E-state index is 5.54. The van der Waals surface area contributed by atoms with Gasteiger partial charge in [0.2, 0.25) is 5.82 Å². The third-order valence-electron chi connectivity index (χ3n) is 1.89. The molecule has 0 saturated carbocycles. The fourth-order valence-electron chi connectivity index (χ4n) is 1.23. The summed E-state index contributed by atoms with van der Waals surface area (Å²) in [4.78, 5) is 8.10. The van der Waals surface area contributed by atoms with Crippen molar-refractivity contribution in [2.24, 2.45) is 0 Å². The van der Waals surface area contributed by atoms with Crippen LogP contribution in [0, 0.1) is 0 Å². The molecule has 0 aliphatic carbocycles. The Morgan fingerprint density at radius 2 is 2.36 bits per heavy atom. The molecule has 0 N–H and O–H groups in total. The maximum Gasteiger partial charge on any atom is 0.320 e. The van der Waals surface area contributed by atoms with Gasteiger partial charge in [0.1, 0.15) is 5.69 Å². The van der Waals surface area contributed by atoms with Crippen LogP contribution < -0.4 is 0 Å². The Morgan fingerprint density at radius 1 is 1.50 bits per heavy atom. The highest BCUT2D eigenvalue weighted by Gasteiger charge is 2.11. The van der Waals surface area contributed by atoms with E-state index < -0.39 is 0 Å². The Hall–Kier alpha value is -1.42. The van der Waals surface area contributed by atoms with Crippen molar-refractivity contribution in [3.63, 3.8) is 0 Å². The first-order valence-electron chi connectivity index (χ1n) is 4.24. The summed E-state index contributed by atoms with van der Waals surface area (Å²) in [5.74, 6) is 0.437. The van der Waals surface area contributed by atoms with E-state index in [9.17, 15) is 0 Å². The van der Waals surface area contributed by atoms with Gasteiger partial charge in [-0.25, -0.2) is 0 Å². The first-order valence-corrected chi connectivity index (χ1v) is 4.62. The average molecular weight is 210 g/mol. The van der Waals surface area contributed by atoms with E-state index in [1.807, 2.05) is 19.1 Å². The smallest absolute Gasteiger partial charge is 0.320 e. The minimum absolute atomic E-state index is 0.0349. The van der Waals surface area contributed by atoms with E-state index in [0.29, 0.717) is 5.82 Å². The van der Waals surface area contributed by atoms with Crippen LogP contribution in [0.4, 0.5) is 0 Å². The van der Waals surface area contributed by atoms with Gasteiger partial charge in [-0.15, -0.1) is 0 Å². The highest BCUT2D eigenvalue weighted by atomic mass is 35.5. The summed E-state index contributed by atoms with van der Waals surface area (Å²) in [5.41, 5.74) is 1.80. The number of hydrogen-bond acceptors (Lipinski definition) is 4. The second-order valence-corrected chi connectivity index (χ2v) is 3.06. The van der Waals surface area contributed by atoms with Gasteiger partial charge in [0.05, 0.1) is 0 Å². The molecule has 2 heterocycles. The molecule has 0 unspecified atom stereocenters. The third-order valence-corrected chi connectivity index (χ3v) is 2.04. The number of halogens is 1. The molecule has 0 fully saturated rings. The lowest BCUT2D eigenvalue weighted by Crippen LogP contribution is -1.92. The summed E-state index contributed by atoms with van der Waals surface area (Å²) in [5, 5.41) is 3.75. The van der Waals surface area contributed by atoms with Gasteiger partial charge >= 0.3 is 5.35 Å². The van der Waals surface area contributed by atoms with Crippen LogP contribution >= 0.6 is 11.6 Å². The minimum atomic E-state index is 0.0349. The molecule has 0 aliphatic rings. The van der Waals surface area contributed by atoms with Crippen molar-refractivity contribution < 1.29 is 4.52 Å². The molecule has 0 bridgehead atoms. The van der Waals surface area contributed by atoms with Crippen molar-refractivity contribution >= 4 is 11.6 Å². The van der Waals surface area contributed by atoms with Crippen LogP contribution in [0.2, 0.25) is 5.35 Å². The normalized spacial score (nSPS) is 10.4. The highest BCUT2D eigenvalue weighted by molar-refractivity contribution is 6.27. The first kappa shape index (κ1) is 9.15. The Bertz CT molecular complexity index is 441. The standard InChI is InChI=1S/C9H8ClN3O/c1-2-6-4-3-5-11-7(6)8-12-9(10)14-13-8/h3-5H,2H2,1H3. The lowest BCUT2D eigenvalue weighted by molar-refractivity contribution is 0.420. The molecule has 2 aromatic rings. The van der Waals surface area contributed by atoms with Crippen LogP contribution in [0.1, 0.15) is 12.5 Å². The van der Waals surface area contributed by atoms with Crippen molar-refractivity contribution in [2.75, 3.05) is 0 Å². The zero-order valence-corrected chi connectivity index (χ0v) is 8.32. The van der Waals surface area contributed by atoms with Gasteiger partial charge in [-0.1, -0.05) is 18.1 Å². The number of rotatable bonds is 2. The zero-order valence-electron chi connectivity index (χ0n) is 7.57. The second-order valence-electron chi connectivity index (χ2n) is 2.74. The Morgan fingerprint density at radius 3 is 3.00 bits per heavy atom. The molecule has 0 saturated heterocycles. The molecule has 2 aromatic heterocycles. The summed E-state index contributed by atoms with van der Waals surface area (Å²) >= 11 is 5.54. The van der Waals surface area contributed by atoms with Gasteiger partial charge in [-0.3, -0.25) is 4.98 Å². The monoisotopic (exact) mass is 209 g/mol. The molecule has 0 aromatic carbocycles. The van der Waals surface area contributed by atoms with E-state index in [1.165, 1.54) is 0 Å². The second kappa shape index (κ2) is 3.75. The van der Waals surface area contributed by atoms with Crippen LogP contribution in [-0.2, 0) is 6.42 Å². The number of pyridine rings is 1. The van der Waals surface area contributed by atoms with Gasteiger partial charge in [-0.05, 0) is 29.7 Å². The number of hydrogen-bond donors (Lipinski definition) is 0. The Labute approximate surface area is 85.9 Å². The van der Waals surface area contributed by atoms with Crippen LogP contribution in [-0.4, -0.2) is 15.1 Å². The third kappa shape index (κ3) is 1.61. The van der Waals surface area contributed by atoms with Crippen molar-refractivity contribution in [1.82, 2.24) is 15.1 Å². The van der Waals surface area contributed by atoms with Crippen molar-refractivity contribution in [1.29, 1.82) is 0 Å². The largest absolute Gasteiger partial charge is 0.321 e. The predicted octanol–water partition coefficient (Wildman–Crippen LogP) is 2.35. The van der Waals surface area contributed by atoms with E-state index >= 15 is 0 Å². The quantitative estimate of drug-likeness (QED) is 0.762. The van der Waals surface area contributed by atoms with Crippen molar-refractivity contribution in [3.05, 3.63) is 29.2 Å². The van der Waals surface area contributed by atoms with Gasteiger partial charge in [0.25, 0.3) is 0 Å². The average Bonchev–Trinajstić information content (AvgIpc) is 2.65. The van der Waals surface area contributed by atoms with Gasteiger partial charge in [0.15, 0.2) is 0 Å². The molecule has 2 rings (SSSR count). The summed E-state index contributed by atoms with van der Waals surface area (Å²) in [6.07, 6.45) is 2.56. The molecule has 72 valence electrons.